The molecular weight excluding hydrogens is 1660 g/mol. The molecule has 5 aromatic rings. The Hall–Kier alpha value is -5.45. The maximum atomic E-state index is 11.4. The van der Waals surface area contributed by atoms with E-state index in [0.29, 0.717) is 323 Å². The van der Waals surface area contributed by atoms with E-state index in [9.17, 15) is 15.0 Å². The smallest absolute Gasteiger partial charge is 0.330 e. The highest BCUT2D eigenvalue weighted by molar-refractivity contribution is 6.47. The summed E-state index contributed by atoms with van der Waals surface area (Å²) >= 11 is 0. The fourth-order valence-corrected chi connectivity index (χ4v) is 14.8. The zero-order valence-electron chi connectivity index (χ0n) is 78.7. The number of rotatable bonds is 88. The number of benzene rings is 5. The number of carboxylic acids is 1. The second-order valence-electron chi connectivity index (χ2n) is 32.7. The Kier molecular flexibility index (Phi) is 58.7. The van der Waals surface area contributed by atoms with Crippen LogP contribution in [0, 0.1) is 0 Å². The molecule has 0 saturated heterocycles. The highest BCUT2D eigenvalue weighted by Crippen LogP contribution is 2.57. The highest BCUT2D eigenvalue weighted by atomic mass is 16.6. The number of hydrogen-bond acceptors (Lipinski definition) is 28. The van der Waals surface area contributed by atoms with Gasteiger partial charge in [0.2, 0.25) is 0 Å². The summed E-state index contributed by atoms with van der Waals surface area (Å²) in [7, 11) is 5.08. The molecule has 0 fully saturated rings. The maximum absolute atomic E-state index is 11.4. The minimum Gasteiger partial charge on any atom is -0.481 e. The molecule has 7 rings (SSSR count). The van der Waals surface area contributed by atoms with Gasteiger partial charge in [-0.3, -0.25) is 4.79 Å². The molecule has 2 aliphatic rings. The van der Waals surface area contributed by atoms with Gasteiger partial charge in [-0.2, -0.15) is 0 Å². The predicted molar refractivity (Wildman–Crippen MR) is 496 cm³/mol. The van der Waals surface area contributed by atoms with Crippen LogP contribution in [0.15, 0.2) is 97.1 Å². The molecule has 0 heterocycles. The lowest BCUT2D eigenvalue weighted by molar-refractivity contribution is -0.137. The minimum absolute atomic E-state index is 0.130. The van der Waals surface area contributed by atoms with Crippen LogP contribution in [0.2, 0.25) is 0 Å². The van der Waals surface area contributed by atoms with Crippen molar-refractivity contribution in [3.05, 3.63) is 125 Å². The molecule has 0 aromatic heterocycles. The van der Waals surface area contributed by atoms with Crippen LogP contribution in [0.25, 0.3) is 44.5 Å². The van der Waals surface area contributed by atoms with E-state index in [-0.39, 0.29) is 11.8 Å². The number of hydrogen-bond donors (Lipinski definition) is 3. The highest BCUT2D eigenvalue weighted by Gasteiger charge is 2.44. The summed E-state index contributed by atoms with van der Waals surface area (Å²) in [6.07, 6.45) is 7.38. The molecule has 0 amide bonds. The third-order valence-corrected chi connectivity index (χ3v) is 22.6. The lowest BCUT2D eigenvalue weighted by atomic mass is 9.70. The topological polar surface area (TPSA) is 314 Å². The average Bonchev–Trinajstić information content (AvgIpc) is 1.56. The third kappa shape index (κ3) is 43.8. The van der Waals surface area contributed by atoms with Crippen molar-refractivity contribution in [1.29, 1.82) is 0 Å². The lowest BCUT2D eigenvalue weighted by Gasteiger charge is -2.37. The first-order chi connectivity index (χ1) is 63.2. The van der Waals surface area contributed by atoms with E-state index in [1.165, 1.54) is 44.5 Å². The van der Waals surface area contributed by atoms with Gasteiger partial charge in [-0.15, -0.1) is 0 Å². The normalized spacial score (nSPS) is 14.0. The van der Waals surface area contributed by atoms with E-state index in [2.05, 4.69) is 104 Å². The number of unbranched alkanes of at least 4 members (excludes halogenated alkanes) is 1. The molecule has 5 aromatic carbocycles. The van der Waals surface area contributed by atoms with Crippen LogP contribution in [-0.4, -0.2) is 360 Å². The van der Waals surface area contributed by atoms with Crippen molar-refractivity contribution in [3.8, 4) is 44.5 Å². The van der Waals surface area contributed by atoms with Crippen LogP contribution >= 0.6 is 0 Å². The molecule has 1 atom stereocenters. The Labute approximate surface area is 769 Å². The fraction of sp³-hybridized carbons (Fsp3) is 0.687. The molecule has 0 saturated carbocycles. The van der Waals surface area contributed by atoms with Crippen molar-refractivity contribution < 1.29 is 133 Å². The van der Waals surface area contributed by atoms with E-state index in [1.54, 1.807) is 35.5 Å². The molecule has 2 aliphatic carbocycles. The minimum atomic E-state index is -1.07. The maximum Gasteiger partial charge on any atom is 0.330 e. The number of ether oxygens (including phenoxy) is 24. The first-order valence-corrected chi connectivity index (χ1v) is 46.7. The van der Waals surface area contributed by atoms with Gasteiger partial charge in [0.1, 0.15) is 0 Å². The van der Waals surface area contributed by atoms with Gasteiger partial charge < -0.3 is 134 Å². The van der Waals surface area contributed by atoms with Gasteiger partial charge in [0.15, 0.2) is 0 Å². The van der Waals surface area contributed by atoms with Gasteiger partial charge in [-0.25, -0.2) is 0 Å². The number of methoxy groups -OCH3 is 2. The summed E-state index contributed by atoms with van der Waals surface area (Å²) in [6, 6.07) is 36.3. The number of nitrogens with two attached hydrogens (primary N) is 1. The van der Waals surface area contributed by atoms with Gasteiger partial charge in [0, 0.05) is 44.7 Å². The summed E-state index contributed by atoms with van der Waals surface area (Å²) in [5, 5.41) is 20.4. The zero-order valence-corrected chi connectivity index (χ0v) is 78.7. The third-order valence-electron chi connectivity index (χ3n) is 22.6. The van der Waals surface area contributed by atoms with Crippen LogP contribution in [-0.2, 0) is 140 Å². The fourth-order valence-electron chi connectivity index (χ4n) is 14.8. The van der Waals surface area contributed by atoms with Crippen molar-refractivity contribution in [2.75, 3.05) is 325 Å². The number of aryl methyl sites for hydroxylation is 1. The van der Waals surface area contributed by atoms with E-state index in [4.69, 9.17) is 124 Å². The summed E-state index contributed by atoms with van der Waals surface area (Å²) < 4.78 is 142. The summed E-state index contributed by atoms with van der Waals surface area (Å²) in [4.78, 5) is 11.4. The number of aliphatic hydroxyl groups is 1. The molecule has 129 heavy (non-hydrogen) atoms. The zero-order chi connectivity index (χ0) is 91.7. The Morgan fingerprint density at radius 1 is 0.318 bits per heavy atom. The molecule has 30 heteroatoms. The Balaban J connectivity index is 0.866. The monoisotopic (exact) mass is 1820 g/mol. The van der Waals surface area contributed by atoms with Crippen molar-refractivity contribution in [2.45, 2.75) is 121 Å². The molecular formula is C99H155BNO28. The second-order valence-corrected chi connectivity index (χ2v) is 32.7. The predicted octanol–water partition coefficient (Wildman–Crippen LogP) is 11.1. The van der Waals surface area contributed by atoms with Gasteiger partial charge in [0.25, 0.3) is 0 Å². The molecule has 1 radical (unpaired) electrons. The molecule has 4 N–H and O–H groups in total. The molecule has 0 spiro atoms. The summed E-state index contributed by atoms with van der Waals surface area (Å²) in [5.41, 5.74) is 20.1. The van der Waals surface area contributed by atoms with Gasteiger partial charge in [-0.1, -0.05) is 97.7 Å². The van der Waals surface area contributed by atoms with Crippen LogP contribution in [0.1, 0.15) is 120 Å². The number of fused-ring (bicyclic) bond motifs is 6. The largest absolute Gasteiger partial charge is 0.481 e. The number of carboxylic acid groups (broad SMARTS) is 1. The van der Waals surface area contributed by atoms with Crippen molar-refractivity contribution in [3.63, 3.8) is 0 Å². The van der Waals surface area contributed by atoms with Crippen LogP contribution in [0.4, 0.5) is 0 Å². The van der Waals surface area contributed by atoms with Gasteiger partial charge >= 0.3 is 13.5 Å². The van der Waals surface area contributed by atoms with Crippen LogP contribution in [0.5, 0.6) is 0 Å². The quantitative estimate of drug-likeness (QED) is 0.0240. The van der Waals surface area contributed by atoms with E-state index >= 15 is 0 Å². The first-order valence-electron chi connectivity index (χ1n) is 46.7. The van der Waals surface area contributed by atoms with E-state index in [0.717, 1.165) is 78.2 Å². The van der Waals surface area contributed by atoms with E-state index < -0.39 is 22.6 Å². The Bertz CT molecular complexity index is 3590. The Morgan fingerprint density at radius 2 is 0.581 bits per heavy atom. The first kappa shape index (κ1) is 111. The molecule has 0 bridgehead atoms. The number of aliphatic carboxylic acids is 1. The lowest BCUT2D eigenvalue weighted by Crippen LogP contribution is -2.49. The van der Waals surface area contributed by atoms with Gasteiger partial charge in [-0.05, 0) is 176 Å². The molecule has 727 valence electrons. The second kappa shape index (κ2) is 68.5. The van der Waals surface area contributed by atoms with Crippen molar-refractivity contribution in [2.24, 2.45) is 5.73 Å². The van der Waals surface area contributed by atoms with Crippen LogP contribution < -0.4 is 11.2 Å². The summed E-state index contributed by atoms with van der Waals surface area (Å²) in [5.74, 6) is -0.787. The standard InChI is InChI=1S/C99H155BNO28/c1-96(2,104)97(3,4)129-100-86-22-26-88-87-23-20-84(77-91(87)98(5,92(88)80-86)27-8-9-30-101)85-21-25-90-89-24-19-83(82-17-15-81(16-18-82)13-10-14-95(102)103)78-93(89)99(94(90)79-85,28-11-31-107-37-39-111-45-47-115-53-55-119-61-63-123-69-71-127-75-73-125-67-65-121-59-57-117-51-49-113-43-41-109-35-33-105-6)29-12-32-108-38-40-112-46-48-116-54-56-120-62-64-124-70-72-128-76-74-126-68-66-122-60-58-118-52-50-114-44-42-110-36-34-106-7/h15-26,77-80,104H,8-14,27-76,101H2,1-7H3,(H,102,103). The van der Waals surface area contributed by atoms with Gasteiger partial charge in [0.05, 0.1) is 302 Å². The van der Waals surface area contributed by atoms with Crippen LogP contribution in [0.3, 0.4) is 0 Å². The Morgan fingerprint density at radius 3 is 0.876 bits per heavy atom. The molecule has 29 nitrogen and oxygen atoms in total. The SMILES string of the molecule is COCCOCCOCCOCCOCCOCCOCCOCCOCCOCCOCCOCCCC1(CCCOCCOCCOCCOCCOCCOCCOCCOCCOCCOCCOCCOC)c2cc(-c3ccc(CCCC(=O)O)cc3)ccc2-c2ccc(-c3ccc4c(c3)C(C)(CCCCN)c3cc([B]OC(C)(C)C(C)(C)O)ccc3-4)cc21. The van der Waals surface area contributed by atoms with Crippen molar-refractivity contribution in [1.82, 2.24) is 0 Å². The summed E-state index contributed by atoms with van der Waals surface area (Å²) in [6.45, 7) is 32.6. The van der Waals surface area contributed by atoms with E-state index in [1.807, 2.05) is 13.8 Å². The van der Waals surface area contributed by atoms with Crippen molar-refractivity contribution >= 4 is 18.9 Å². The number of carbonyl (C=O) groups is 1. The molecule has 0 aliphatic heterocycles. The average molecular weight is 1820 g/mol. The molecule has 1 unspecified atom stereocenters.